The number of benzene rings is 3. The van der Waals surface area contributed by atoms with Gasteiger partial charge in [0.25, 0.3) is 0 Å². The third-order valence-electron chi connectivity index (χ3n) is 6.42. The number of hydrogen-bond donors (Lipinski definition) is 2. The average molecular weight is 530 g/mol. The molecule has 1 unspecified atom stereocenters. The van der Waals surface area contributed by atoms with Gasteiger partial charge in [-0.2, -0.15) is 5.26 Å². The Morgan fingerprint density at radius 2 is 1.90 bits per heavy atom. The predicted molar refractivity (Wildman–Crippen MR) is 136 cm³/mol. The van der Waals surface area contributed by atoms with Crippen LogP contribution in [0, 0.1) is 17.1 Å². The van der Waals surface area contributed by atoms with Crippen LogP contribution in [0.2, 0.25) is 0 Å². The van der Waals surface area contributed by atoms with Crippen molar-refractivity contribution in [2.75, 3.05) is 13.9 Å². The number of nitriles is 1. The number of fused-ring (bicyclic) bond motifs is 1. The number of rotatable bonds is 8. The van der Waals surface area contributed by atoms with Crippen LogP contribution < -0.4 is 24.8 Å². The van der Waals surface area contributed by atoms with Gasteiger partial charge in [0.1, 0.15) is 24.2 Å². The fraction of sp³-hybridized carbons (Fsp3) is 0.207. The number of allylic oxidation sites excluding steroid dienone is 1. The van der Waals surface area contributed by atoms with Crippen molar-refractivity contribution in [3.05, 3.63) is 100 Å². The Balaban J connectivity index is 1.45. The molecule has 5 rings (SSSR count). The maximum atomic E-state index is 13.7. The third-order valence-corrected chi connectivity index (χ3v) is 6.42. The highest BCUT2D eigenvalue weighted by Crippen LogP contribution is 2.34. The number of nitrogens with zero attached hydrogens (tertiary/aromatic N) is 1. The van der Waals surface area contributed by atoms with Gasteiger partial charge in [0.05, 0.1) is 24.3 Å². The SMILES string of the molecule is COc1cccc(C2NC(=O)NC(CCc3ccc4c(c3)OCO4)=C2C(=O)OCc2ccc(F)c(C#N)c2)c1. The van der Waals surface area contributed by atoms with E-state index >= 15 is 0 Å². The first-order valence-electron chi connectivity index (χ1n) is 12.1. The van der Waals surface area contributed by atoms with Crippen LogP contribution in [0.15, 0.2) is 71.9 Å². The second kappa shape index (κ2) is 11.1. The van der Waals surface area contributed by atoms with Crippen molar-refractivity contribution >= 4 is 12.0 Å². The normalized spacial score (nSPS) is 15.7. The lowest BCUT2D eigenvalue weighted by molar-refractivity contribution is -0.140. The number of hydrogen-bond acceptors (Lipinski definition) is 7. The molecular formula is C29H24FN3O6. The van der Waals surface area contributed by atoms with Gasteiger partial charge in [-0.05, 0) is 65.9 Å². The smallest absolute Gasteiger partial charge is 0.338 e. The number of carbonyl (C=O) groups is 2. The Morgan fingerprint density at radius 1 is 1.08 bits per heavy atom. The van der Waals surface area contributed by atoms with E-state index in [1.807, 2.05) is 18.2 Å². The number of carbonyl (C=O) groups excluding carboxylic acids is 2. The summed E-state index contributed by atoms with van der Waals surface area (Å²) in [6, 6.07) is 17.1. The molecule has 0 aromatic heterocycles. The standard InChI is InChI=1S/C29H24FN3O6/c1-36-21-4-2-3-19(13-21)27-26(28(34)37-15-18-5-8-22(30)20(11-18)14-31)23(32-29(35)33-27)9-6-17-7-10-24-25(12-17)39-16-38-24/h2-5,7-8,10-13,27H,6,9,15-16H2,1H3,(H2,32,33,35). The molecule has 0 saturated carbocycles. The largest absolute Gasteiger partial charge is 0.497 e. The fourth-order valence-corrected chi connectivity index (χ4v) is 4.47. The fourth-order valence-electron chi connectivity index (χ4n) is 4.47. The molecule has 9 nitrogen and oxygen atoms in total. The van der Waals surface area contributed by atoms with Crippen LogP contribution >= 0.6 is 0 Å². The molecule has 2 aliphatic heterocycles. The number of halogens is 1. The number of methoxy groups -OCH3 is 1. The summed E-state index contributed by atoms with van der Waals surface area (Å²) in [6.45, 7) is -0.0285. The highest BCUT2D eigenvalue weighted by molar-refractivity contribution is 5.95. The molecule has 0 bridgehead atoms. The average Bonchev–Trinajstić information content (AvgIpc) is 3.43. The summed E-state index contributed by atoms with van der Waals surface area (Å²) >= 11 is 0. The molecule has 2 N–H and O–H groups in total. The Hall–Kier alpha value is -5.04. The highest BCUT2D eigenvalue weighted by atomic mass is 19.1. The number of aryl methyl sites for hydroxylation is 1. The topological polar surface area (TPSA) is 119 Å². The zero-order valence-corrected chi connectivity index (χ0v) is 21.0. The minimum Gasteiger partial charge on any atom is -0.497 e. The van der Waals surface area contributed by atoms with Crippen LogP contribution in [0.5, 0.6) is 17.2 Å². The van der Waals surface area contributed by atoms with Crippen molar-refractivity contribution in [3.8, 4) is 23.3 Å². The summed E-state index contributed by atoms with van der Waals surface area (Å²) in [5.74, 6) is 0.541. The van der Waals surface area contributed by atoms with Gasteiger partial charge in [-0.15, -0.1) is 0 Å². The monoisotopic (exact) mass is 529 g/mol. The van der Waals surface area contributed by atoms with Crippen molar-refractivity contribution in [1.29, 1.82) is 5.26 Å². The first kappa shape index (κ1) is 25.6. The van der Waals surface area contributed by atoms with Crippen molar-refractivity contribution in [3.63, 3.8) is 0 Å². The minimum atomic E-state index is -0.809. The number of urea groups is 1. The van der Waals surface area contributed by atoms with Crippen molar-refractivity contribution in [2.45, 2.75) is 25.5 Å². The van der Waals surface area contributed by atoms with Gasteiger partial charge in [0, 0.05) is 5.70 Å². The van der Waals surface area contributed by atoms with Crippen LogP contribution in [-0.4, -0.2) is 25.9 Å². The van der Waals surface area contributed by atoms with E-state index in [-0.39, 0.29) is 24.5 Å². The van der Waals surface area contributed by atoms with Gasteiger partial charge in [0.2, 0.25) is 6.79 Å². The van der Waals surface area contributed by atoms with E-state index < -0.39 is 23.9 Å². The van der Waals surface area contributed by atoms with E-state index in [0.717, 1.165) is 11.6 Å². The Morgan fingerprint density at radius 3 is 2.72 bits per heavy atom. The zero-order chi connectivity index (χ0) is 27.4. The molecule has 0 aliphatic carbocycles. The lowest BCUT2D eigenvalue weighted by Gasteiger charge is -2.29. The third kappa shape index (κ3) is 5.62. The van der Waals surface area contributed by atoms with Crippen LogP contribution in [0.3, 0.4) is 0 Å². The summed E-state index contributed by atoms with van der Waals surface area (Å²) in [4.78, 5) is 26.2. The van der Waals surface area contributed by atoms with Gasteiger partial charge in [-0.25, -0.2) is 14.0 Å². The lowest BCUT2D eigenvalue weighted by Crippen LogP contribution is -2.46. The molecule has 2 aliphatic rings. The van der Waals surface area contributed by atoms with E-state index in [4.69, 9.17) is 24.2 Å². The minimum absolute atomic E-state index is 0.145. The van der Waals surface area contributed by atoms with Gasteiger partial charge in [-0.3, -0.25) is 0 Å². The number of amides is 2. The summed E-state index contributed by atoms with van der Waals surface area (Å²) < 4.78 is 35.5. The number of ether oxygens (including phenoxy) is 4. The Kier molecular flexibility index (Phi) is 7.32. The van der Waals surface area contributed by atoms with Crippen molar-refractivity contribution in [1.82, 2.24) is 10.6 Å². The molecule has 0 fully saturated rings. The molecule has 10 heteroatoms. The maximum Gasteiger partial charge on any atom is 0.338 e. The van der Waals surface area contributed by atoms with E-state index in [1.54, 1.807) is 30.3 Å². The van der Waals surface area contributed by atoms with Crippen LogP contribution in [0.4, 0.5) is 9.18 Å². The molecule has 3 aromatic rings. The van der Waals surface area contributed by atoms with Crippen LogP contribution in [-0.2, 0) is 22.6 Å². The molecule has 0 saturated heterocycles. The van der Waals surface area contributed by atoms with Crippen LogP contribution in [0.25, 0.3) is 0 Å². The second-order valence-corrected chi connectivity index (χ2v) is 8.89. The molecule has 0 spiro atoms. The second-order valence-electron chi connectivity index (χ2n) is 8.89. The Bertz CT molecular complexity index is 1510. The molecule has 1 atom stereocenters. The summed E-state index contributed by atoms with van der Waals surface area (Å²) in [5, 5.41) is 14.7. The van der Waals surface area contributed by atoms with Gasteiger partial charge in [0.15, 0.2) is 11.5 Å². The lowest BCUT2D eigenvalue weighted by atomic mass is 9.93. The van der Waals surface area contributed by atoms with E-state index in [0.29, 0.717) is 46.9 Å². The molecule has 198 valence electrons. The summed E-state index contributed by atoms with van der Waals surface area (Å²) in [6.07, 6.45) is 0.824. The van der Waals surface area contributed by atoms with Gasteiger partial charge < -0.3 is 29.6 Å². The molecule has 3 aromatic carbocycles. The Labute approximate surface area is 223 Å². The molecule has 2 amide bonds. The molecule has 0 radical (unpaired) electrons. The van der Waals surface area contributed by atoms with E-state index in [2.05, 4.69) is 10.6 Å². The summed E-state index contributed by atoms with van der Waals surface area (Å²) in [7, 11) is 1.53. The van der Waals surface area contributed by atoms with Gasteiger partial charge in [-0.1, -0.05) is 24.3 Å². The molecular weight excluding hydrogens is 505 g/mol. The zero-order valence-electron chi connectivity index (χ0n) is 21.0. The quantitative estimate of drug-likeness (QED) is 0.415. The van der Waals surface area contributed by atoms with Crippen LogP contribution in [0.1, 0.15) is 34.7 Å². The number of esters is 1. The van der Waals surface area contributed by atoms with Crippen molar-refractivity contribution in [2.24, 2.45) is 0 Å². The predicted octanol–water partition coefficient (Wildman–Crippen LogP) is 4.42. The van der Waals surface area contributed by atoms with E-state index in [1.165, 1.54) is 19.2 Å². The summed E-state index contributed by atoms with van der Waals surface area (Å²) in [5.41, 5.74) is 2.51. The van der Waals surface area contributed by atoms with E-state index in [9.17, 15) is 14.0 Å². The first-order chi connectivity index (χ1) is 18.9. The molecule has 2 heterocycles. The maximum absolute atomic E-state index is 13.7. The molecule has 39 heavy (non-hydrogen) atoms. The van der Waals surface area contributed by atoms with Crippen molar-refractivity contribution < 1.29 is 32.9 Å². The highest BCUT2D eigenvalue weighted by Gasteiger charge is 2.34. The first-order valence-corrected chi connectivity index (χ1v) is 12.1. The van der Waals surface area contributed by atoms with Gasteiger partial charge >= 0.3 is 12.0 Å². The number of nitrogens with one attached hydrogen (secondary N) is 2.